The number of sulfone groups is 1. The fraction of sp³-hybridized carbons (Fsp3) is 0.667. The maximum atomic E-state index is 13.0. The van der Waals surface area contributed by atoms with Crippen molar-refractivity contribution in [2.24, 2.45) is 5.92 Å². The predicted molar refractivity (Wildman–Crippen MR) is 126 cm³/mol. The summed E-state index contributed by atoms with van der Waals surface area (Å²) in [6.45, 7) is 6.36. The number of fused-ring (bicyclic) bond motifs is 1. The number of thiophene rings is 1. The standard InChI is InChI=1S/C21H29N3O4S3/c1-4-12(2)9-16-13(3)30-20-18(16)19(26)22-21(23-20)29-10-17(25)24(14-5-6-14)15-7-8-31(27,28)11-15/h12,14-15H,4-11H2,1-3H3,(H,22,23,26). The number of aromatic amines is 1. The lowest BCUT2D eigenvalue weighted by atomic mass is 9.98. The van der Waals surface area contributed by atoms with E-state index >= 15 is 0 Å². The van der Waals surface area contributed by atoms with E-state index in [1.54, 1.807) is 4.90 Å². The number of nitrogens with one attached hydrogen (secondary N) is 1. The van der Waals surface area contributed by atoms with Crippen LogP contribution in [0.1, 0.15) is 50.0 Å². The molecule has 1 aliphatic carbocycles. The quantitative estimate of drug-likeness (QED) is 0.457. The van der Waals surface area contributed by atoms with Crippen LogP contribution >= 0.6 is 23.1 Å². The van der Waals surface area contributed by atoms with Gasteiger partial charge in [0.2, 0.25) is 5.91 Å². The molecule has 31 heavy (non-hydrogen) atoms. The van der Waals surface area contributed by atoms with Gasteiger partial charge in [-0.1, -0.05) is 32.0 Å². The summed E-state index contributed by atoms with van der Waals surface area (Å²) >= 11 is 2.75. The van der Waals surface area contributed by atoms with E-state index in [-0.39, 0.29) is 40.8 Å². The highest BCUT2D eigenvalue weighted by atomic mass is 32.2. The number of carbonyl (C=O) groups excluding carboxylic acids is 1. The van der Waals surface area contributed by atoms with Gasteiger partial charge in [0, 0.05) is 17.0 Å². The van der Waals surface area contributed by atoms with E-state index in [1.165, 1.54) is 23.1 Å². The number of hydrogen-bond acceptors (Lipinski definition) is 7. The van der Waals surface area contributed by atoms with Crippen LogP contribution in [-0.2, 0) is 21.1 Å². The molecule has 1 saturated heterocycles. The van der Waals surface area contributed by atoms with Gasteiger partial charge < -0.3 is 9.88 Å². The fourth-order valence-electron chi connectivity index (χ4n) is 4.22. The van der Waals surface area contributed by atoms with Crippen LogP contribution < -0.4 is 5.56 Å². The monoisotopic (exact) mass is 483 g/mol. The van der Waals surface area contributed by atoms with Crippen LogP contribution in [0.3, 0.4) is 0 Å². The molecule has 2 aromatic heterocycles. The molecule has 2 unspecified atom stereocenters. The third-order valence-electron chi connectivity index (χ3n) is 6.25. The zero-order valence-electron chi connectivity index (χ0n) is 18.1. The second-order valence-corrected chi connectivity index (χ2v) is 13.2. The van der Waals surface area contributed by atoms with E-state index in [1.807, 2.05) is 6.92 Å². The average molecular weight is 484 g/mol. The maximum absolute atomic E-state index is 13.0. The Bertz CT molecular complexity index is 1150. The first-order valence-corrected chi connectivity index (χ1v) is 14.5. The van der Waals surface area contributed by atoms with Crippen molar-refractivity contribution in [3.63, 3.8) is 0 Å². The van der Waals surface area contributed by atoms with Crippen molar-refractivity contribution in [2.45, 2.75) is 70.1 Å². The van der Waals surface area contributed by atoms with Crippen molar-refractivity contribution in [2.75, 3.05) is 17.3 Å². The highest BCUT2D eigenvalue weighted by molar-refractivity contribution is 7.99. The number of hydrogen-bond donors (Lipinski definition) is 1. The minimum absolute atomic E-state index is 0.0639. The predicted octanol–water partition coefficient (Wildman–Crippen LogP) is 3.15. The number of aryl methyl sites for hydroxylation is 1. The first-order chi connectivity index (χ1) is 14.7. The Morgan fingerprint density at radius 3 is 2.68 bits per heavy atom. The minimum Gasteiger partial charge on any atom is -0.335 e. The molecular formula is C21H29N3O4S3. The van der Waals surface area contributed by atoms with Crippen LogP contribution in [0, 0.1) is 12.8 Å². The normalized spacial score (nSPS) is 21.5. The molecule has 1 aliphatic heterocycles. The Hall–Kier alpha value is -1.39. The smallest absolute Gasteiger partial charge is 0.260 e. The summed E-state index contributed by atoms with van der Waals surface area (Å²) in [4.78, 5) is 36.9. The number of carbonyl (C=O) groups is 1. The van der Waals surface area contributed by atoms with Crippen LogP contribution in [-0.4, -0.2) is 58.5 Å². The summed E-state index contributed by atoms with van der Waals surface area (Å²) in [6, 6.07) is -0.0629. The summed E-state index contributed by atoms with van der Waals surface area (Å²) in [7, 11) is -3.05. The highest BCUT2D eigenvalue weighted by Crippen LogP contribution is 2.34. The molecule has 1 N–H and O–H groups in total. The number of aromatic nitrogens is 2. The highest BCUT2D eigenvalue weighted by Gasteiger charge is 2.41. The molecule has 10 heteroatoms. The summed E-state index contributed by atoms with van der Waals surface area (Å²) in [5.41, 5.74) is 0.932. The van der Waals surface area contributed by atoms with Gasteiger partial charge in [0.1, 0.15) is 4.83 Å². The number of amides is 1. The zero-order chi connectivity index (χ0) is 22.3. The molecule has 2 aliphatic rings. The first-order valence-electron chi connectivity index (χ1n) is 10.8. The summed E-state index contributed by atoms with van der Waals surface area (Å²) in [5.74, 6) is 0.788. The molecule has 2 aromatic rings. The van der Waals surface area contributed by atoms with Crippen molar-refractivity contribution >= 4 is 49.1 Å². The zero-order valence-corrected chi connectivity index (χ0v) is 20.6. The van der Waals surface area contributed by atoms with Crippen molar-refractivity contribution < 1.29 is 13.2 Å². The van der Waals surface area contributed by atoms with Gasteiger partial charge in [-0.05, 0) is 44.1 Å². The molecule has 3 heterocycles. The lowest BCUT2D eigenvalue weighted by molar-refractivity contribution is -0.130. The maximum Gasteiger partial charge on any atom is 0.260 e. The van der Waals surface area contributed by atoms with E-state index in [2.05, 4.69) is 23.8 Å². The van der Waals surface area contributed by atoms with Gasteiger partial charge >= 0.3 is 0 Å². The molecule has 170 valence electrons. The number of H-pyrrole nitrogens is 1. The third-order valence-corrected chi connectivity index (χ3v) is 9.90. The third kappa shape index (κ3) is 5.01. The lowest BCUT2D eigenvalue weighted by Gasteiger charge is -2.28. The van der Waals surface area contributed by atoms with Crippen LogP contribution in [0.4, 0.5) is 0 Å². The number of rotatable bonds is 8. The van der Waals surface area contributed by atoms with Gasteiger partial charge in [-0.3, -0.25) is 9.59 Å². The average Bonchev–Trinajstić information content (AvgIpc) is 3.40. The van der Waals surface area contributed by atoms with E-state index in [9.17, 15) is 18.0 Å². The molecule has 1 amide bonds. The Morgan fingerprint density at radius 2 is 2.06 bits per heavy atom. The molecule has 4 rings (SSSR count). The Morgan fingerprint density at radius 1 is 1.32 bits per heavy atom. The molecule has 0 spiro atoms. The summed E-state index contributed by atoms with van der Waals surface area (Å²) < 4.78 is 23.8. The second kappa shape index (κ2) is 8.86. The van der Waals surface area contributed by atoms with E-state index < -0.39 is 9.84 Å². The topological polar surface area (TPSA) is 100 Å². The number of thioether (sulfide) groups is 1. The molecule has 2 atom stereocenters. The van der Waals surface area contributed by atoms with Crippen molar-refractivity contribution in [1.82, 2.24) is 14.9 Å². The van der Waals surface area contributed by atoms with Gasteiger partial charge in [-0.25, -0.2) is 13.4 Å². The fourth-order valence-corrected chi connectivity index (χ4v) is 7.77. The summed E-state index contributed by atoms with van der Waals surface area (Å²) in [5, 5.41) is 1.12. The van der Waals surface area contributed by atoms with Crippen molar-refractivity contribution in [3.8, 4) is 0 Å². The Balaban J connectivity index is 1.50. The molecular weight excluding hydrogens is 454 g/mol. The van der Waals surface area contributed by atoms with Crippen LogP contribution in [0.15, 0.2) is 9.95 Å². The van der Waals surface area contributed by atoms with Gasteiger partial charge in [0.25, 0.3) is 5.56 Å². The molecule has 7 nitrogen and oxygen atoms in total. The van der Waals surface area contributed by atoms with Gasteiger partial charge in [0.15, 0.2) is 15.0 Å². The first kappa shape index (κ1) is 22.8. The number of nitrogens with zero attached hydrogens (tertiary/aromatic N) is 2. The minimum atomic E-state index is -3.05. The summed E-state index contributed by atoms with van der Waals surface area (Å²) in [6.07, 6.45) is 4.29. The van der Waals surface area contributed by atoms with E-state index in [0.29, 0.717) is 22.9 Å². The van der Waals surface area contributed by atoms with Gasteiger partial charge in [-0.15, -0.1) is 11.3 Å². The van der Waals surface area contributed by atoms with E-state index in [0.717, 1.165) is 41.0 Å². The SMILES string of the molecule is CCC(C)Cc1c(C)sc2nc(SCC(=O)N(C3CC3)C3CCS(=O)(=O)C3)[nH]c(=O)c12. The second-order valence-electron chi connectivity index (χ2n) is 8.78. The van der Waals surface area contributed by atoms with Crippen molar-refractivity contribution in [3.05, 3.63) is 20.8 Å². The van der Waals surface area contributed by atoms with Crippen LogP contribution in [0.2, 0.25) is 0 Å². The van der Waals surface area contributed by atoms with Crippen LogP contribution in [0.5, 0.6) is 0 Å². The molecule has 2 fully saturated rings. The van der Waals surface area contributed by atoms with Crippen molar-refractivity contribution in [1.29, 1.82) is 0 Å². The Kier molecular flexibility index (Phi) is 6.52. The molecule has 0 bridgehead atoms. The largest absolute Gasteiger partial charge is 0.335 e. The van der Waals surface area contributed by atoms with E-state index in [4.69, 9.17) is 0 Å². The molecule has 0 aromatic carbocycles. The molecule has 1 saturated carbocycles. The Labute approximate surface area is 190 Å². The van der Waals surface area contributed by atoms with Crippen LogP contribution in [0.25, 0.3) is 10.2 Å². The molecule has 0 radical (unpaired) electrons. The van der Waals surface area contributed by atoms with Gasteiger partial charge in [-0.2, -0.15) is 0 Å². The van der Waals surface area contributed by atoms with Gasteiger partial charge in [0.05, 0.1) is 22.6 Å². The lowest BCUT2D eigenvalue weighted by Crippen LogP contribution is -2.43.